The second-order valence-corrected chi connectivity index (χ2v) is 8.56. The van der Waals surface area contributed by atoms with Crippen molar-refractivity contribution in [1.29, 1.82) is 0 Å². The van der Waals surface area contributed by atoms with Gasteiger partial charge in [-0.25, -0.2) is 4.98 Å². The van der Waals surface area contributed by atoms with Gasteiger partial charge in [0.1, 0.15) is 5.76 Å². The minimum Gasteiger partial charge on any atom is -0.381 e. The van der Waals surface area contributed by atoms with Gasteiger partial charge in [-0.3, -0.25) is 4.98 Å². The summed E-state index contributed by atoms with van der Waals surface area (Å²) in [5.74, 6) is 1.63. The van der Waals surface area contributed by atoms with Crippen molar-refractivity contribution in [3.63, 3.8) is 0 Å². The molecule has 154 valence electrons. The van der Waals surface area contributed by atoms with Crippen molar-refractivity contribution >= 4 is 22.8 Å². The summed E-state index contributed by atoms with van der Waals surface area (Å²) in [6.07, 6.45) is 3.86. The average molecular weight is 421 g/mol. The van der Waals surface area contributed by atoms with Crippen LogP contribution in [0.3, 0.4) is 0 Å². The van der Waals surface area contributed by atoms with E-state index in [1.807, 2.05) is 32.2 Å². The van der Waals surface area contributed by atoms with Crippen LogP contribution in [0.4, 0.5) is 0 Å². The lowest BCUT2D eigenvalue weighted by Crippen LogP contribution is -2.20. The Morgan fingerprint density at radius 1 is 1.13 bits per heavy atom. The molecule has 4 aromatic rings. The number of thioether (sulfide) groups is 1. The van der Waals surface area contributed by atoms with Gasteiger partial charge in [0.15, 0.2) is 5.16 Å². The Labute approximate surface area is 179 Å². The molecule has 1 saturated heterocycles. The normalized spacial score (nSPS) is 15.1. The van der Waals surface area contributed by atoms with Gasteiger partial charge in [-0.2, -0.15) is 0 Å². The fourth-order valence-electron chi connectivity index (χ4n) is 4.15. The number of fused-ring (bicyclic) bond motifs is 1. The van der Waals surface area contributed by atoms with E-state index >= 15 is 0 Å². The van der Waals surface area contributed by atoms with E-state index in [-0.39, 0.29) is 0 Å². The summed E-state index contributed by atoms with van der Waals surface area (Å²) >= 11 is 1.75. The number of nitrogens with zero attached hydrogens (tertiary/aromatic N) is 4. The summed E-state index contributed by atoms with van der Waals surface area (Å²) in [5.41, 5.74) is 6.28. The molecule has 1 aliphatic heterocycles. The van der Waals surface area contributed by atoms with Crippen molar-refractivity contribution in [2.75, 3.05) is 13.2 Å². The predicted octanol–water partition coefficient (Wildman–Crippen LogP) is 5.35. The van der Waals surface area contributed by atoms with Gasteiger partial charge in [0.05, 0.1) is 22.4 Å². The average Bonchev–Trinajstić information content (AvgIpc) is 3.32. The summed E-state index contributed by atoms with van der Waals surface area (Å²) in [6, 6.07) is 12.9. The highest BCUT2D eigenvalue weighted by molar-refractivity contribution is 7.98. The Bertz CT molecular complexity index is 1140. The SMILES string of the molecule is Cc1noc(C)c1-c1ccc2c(c1)nc(SCc1ccccn1)n2C1CCOCC1. The molecule has 7 heteroatoms. The molecule has 0 unspecified atom stereocenters. The van der Waals surface area contributed by atoms with Gasteiger partial charge >= 0.3 is 0 Å². The maximum absolute atomic E-state index is 5.61. The van der Waals surface area contributed by atoms with Crippen LogP contribution in [0.5, 0.6) is 0 Å². The molecule has 1 aromatic carbocycles. The first kappa shape index (κ1) is 19.3. The van der Waals surface area contributed by atoms with Crippen molar-refractivity contribution in [3.8, 4) is 11.1 Å². The highest BCUT2D eigenvalue weighted by atomic mass is 32.2. The Balaban J connectivity index is 1.56. The number of hydrogen-bond acceptors (Lipinski definition) is 6. The molecule has 4 heterocycles. The lowest BCUT2D eigenvalue weighted by Gasteiger charge is -2.25. The van der Waals surface area contributed by atoms with Gasteiger partial charge in [-0.05, 0) is 56.5 Å². The molecule has 1 fully saturated rings. The number of hydrogen-bond donors (Lipinski definition) is 0. The zero-order chi connectivity index (χ0) is 20.5. The third-order valence-corrected chi connectivity index (χ3v) is 6.60. The van der Waals surface area contributed by atoms with Crippen molar-refractivity contribution in [3.05, 3.63) is 59.7 Å². The van der Waals surface area contributed by atoms with Crippen LogP contribution in [0, 0.1) is 13.8 Å². The lowest BCUT2D eigenvalue weighted by molar-refractivity contribution is 0.0685. The van der Waals surface area contributed by atoms with Crippen molar-refractivity contribution in [2.45, 2.75) is 43.6 Å². The molecule has 0 amide bonds. The third-order valence-electron chi connectivity index (χ3n) is 5.61. The summed E-state index contributed by atoms with van der Waals surface area (Å²) in [4.78, 5) is 9.50. The fraction of sp³-hybridized carbons (Fsp3) is 0.348. The van der Waals surface area contributed by atoms with Crippen LogP contribution in [0.25, 0.3) is 22.2 Å². The molecule has 30 heavy (non-hydrogen) atoms. The molecular weight excluding hydrogens is 396 g/mol. The topological polar surface area (TPSA) is 66.0 Å². The molecule has 0 N–H and O–H groups in total. The number of aromatic nitrogens is 4. The third kappa shape index (κ3) is 3.63. The second kappa shape index (κ2) is 8.24. The van der Waals surface area contributed by atoms with E-state index in [0.717, 1.165) is 70.8 Å². The van der Waals surface area contributed by atoms with Crippen molar-refractivity contribution in [1.82, 2.24) is 19.7 Å². The van der Waals surface area contributed by atoms with Gasteiger partial charge in [0, 0.05) is 36.8 Å². The molecule has 0 radical (unpaired) electrons. The van der Waals surface area contributed by atoms with Crippen LogP contribution in [0.15, 0.2) is 52.3 Å². The maximum Gasteiger partial charge on any atom is 0.169 e. The maximum atomic E-state index is 5.61. The lowest BCUT2D eigenvalue weighted by atomic mass is 10.0. The Kier molecular flexibility index (Phi) is 5.31. The van der Waals surface area contributed by atoms with Crippen LogP contribution in [-0.4, -0.2) is 32.9 Å². The van der Waals surface area contributed by atoms with E-state index in [2.05, 4.69) is 39.0 Å². The smallest absolute Gasteiger partial charge is 0.169 e. The first-order valence-electron chi connectivity index (χ1n) is 10.3. The van der Waals surface area contributed by atoms with E-state index in [9.17, 15) is 0 Å². The zero-order valence-electron chi connectivity index (χ0n) is 17.2. The Morgan fingerprint density at radius 3 is 2.73 bits per heavy atom. The van der Waals surface area contributed by atoms with E-state index in [1.165, 1.54) is 5.52 Å². The molecule has 6 nitrogen and oxygen atoms in total. The first-order chi connectivity index (χ1) is 14.7. The fourth-order valence-corrected chi connectivity index (χ4v) is 5.14. The quantitative estimate of drug-likeness (QED) is 0.406. The zero-order valence-corrected chi connectivity index (χ0v) is 18.0. The molecule has 1 aliphatic rings. The molecular formula is C23H24N4O2S. The first-order valence-corrected chi connectivity index (χ1v) is 11.2. The molecule has 3 aromatic heterocycles. The minimum absolute atomic E-state index is 0.403. The van der Waals surface area contributed by atoms with Crippen LogP contribution < -0.4 is 0 Å². The monoisotopic (exact) mass is 420 g/mol. The van der Waals surface area contributed by atoms with E-state index in [0.29, 0.717) is 6.04 Å². The van der Waals surface area contributed by atoms with Crippen LogP contribution >= 0.6 is 11.8 Å². The van der Waals surface area contributed by atoms with Gasteiger partial charge in [0.2, 0.25) is 0 Å². The summed E-state index contributed by atoms with van der Waals surface area (Å²) in [5, 5.41) is 5.15. The summed E-state index contributed by atoms with van der Waals surface area (Å²) < 4.78 is 13.4. The Hall–Kier alpha value is -2.64. The number of rotatable bonds is 5. The number of benzene rings is 1. The van der Waals surface area contributed by atoms with Crippen molar-refractivity contribution in [2.24, 2.45) is 0 Å². The van der Waals surface area contributed by atoms with Gasteiger partial charge in [-0.15, -0.1) is 0 Å². The number of aryl methyl sites for hydroxylation is 2. The van der Waals surface area contributed by atoms with E-state index in [4.69, 9.17) is 14.2 Å². The largest absolute Gasteiger partial charge is 0.381 e. The van der Waals surface area contributed by atoms with Gasteiger partial charge in [-0.1, -0.05) is 29.1 Å². The van der Waals surface area contributed by atoms with E-state index in [1.54, 1.807) is 11.8 Å². The molecule has 0 saturated carbocycles. The van der Waals surface area contributed by atoms with Crippen LogP contribution in [0.1, 0.15) is 36.0 Å². The predicted molar refractivity (Wildman–Crippen MR) is 118 cm³/mol. The van der Waals surface area contributed by atoms with Crippen molar-refractivity contribution < 1.29 is 9.26 Å². The number of ether oxygens (including phenoxy) is 1. The standard InChI is InChI=1S/C23H24N4O2S/c1-15-22(16(2)29-26-15)17-6-7-21-20(13-17)25-23(27(21)19-8-11-28-12-9-19)30-14-18-5-3-4-10-24-18/h3-7,10,13,19H,8-9,11-12,14H2,1-2H3. The van der Waals surface area contributed by atoms with Crippen LogP contribution in [0.2, 0.25) is 0 Å². The molecule has 0 aliphatic carbocycles. The summed E-state index contributed by atoms with van der Waals surface area (Å²) in [6.45, 7) is 5.52. The molecule has 0 atom stereocenters. The molecule has 5 rings (SSSR count). The summed E-state index contributed by atoms with van der Waals surface area (Å²) in [7, 11) is 0. The highest BCUT2D eigenvalue weighted by Gasteiger charge is 2.23. The Morgan fingerprint density at radius 2 is 2.00 bits per heavy atom. The van der Waals surface area contributed by atoms with Crippen LogP contribution in [-0.2, 0) is 10.5 Å². The number of pyridine rings is 1. The molecule has 0 bridgehead atoms. The molecule has 0 spiro atoms. The number of imidazole rings is 1. The van der Waals surface area contributed by atoms with Gasteiger partial charge in [0.25, 0.3) is 0 Å². The second-order valence-electron chi connectivity index (χ2n) is 7.62. The van der Waals surface area contributed by atoms with Gasteiger partial charge < -0.3 is 13.8 Å². The highest BCUT2D eigenvalue weighted by Crippen LogP contribution is 2.36. The van der Waals surface area contributed by atoms with E-state index < -0.39 is 0 Å². The minimum atomic E-state index is 0.403.